The Bertz CT molecular complexity index is 303. The Morgan fingerprint density at radius 3 is 2.13 bits per heavy atom. The molecule has 84 valence electrons. The van der Waals surface area contributed by atoms with Gasteiger partial charge in [0.15, 0.2) is 0 Å². The maximum Gasteiger partial charge on any atom is 0.0681 e. The summed E-state index contributed by atoms with van der Waals surface area (Å²) in [6, 6.07) is 8.06. The van der Waals surface area contributed by atoms with Gasteiger partial charge < -0.3 is 10.0 Å². The van der Waals surface area contributed by atoms with Crippen molar-refractivity contribution in [3.63, 3.8) is 0 Å². The van der Waals surface area contributed by atoms with Crippen LogP contribution in [-0.4, -0.2) is 17.7 Å². The first-order valence-electron chi connectivity index (χ1n) is 5.45. The molecule has 0 aromatic heterocycles. The van der Waals surface area contributed by atoms with E-state index in [0.717, 1.165) is 12.0 Å². The fourth-order valence-corrected chi connectivity index (χ4v) is 1.41. The fraction of sp³-hybridized carbons (Fsp3) is 0.538. The number of rotatable bonds is 4. The van der Waals surface area contributed by atoms with E-state index in [1.807, 2.05) is 12.1 Å². The number of hydrogen-bond donors (Lipinski definition) is 1. The van der Waals surface area contributed by atoms with Crippen LogP contribution in [0.3, 0.4) is 0 Å². The number of anilines is 1. The second kappa shape index (κ2) is 4.67. The van der Waals surface area contributed by atoms with Crippen LogP contribution in [0, 0.1) is 0 Å². The van der Waals surface area contributed by atoms with Gasteiger partial charge in [0.1, 0.15) is 0 Å². The second-order valence-corrected chi connectivity index (χ2v) is 4.55. The molecule has 0 heterocycles. The summed E-state index contributed by atoms with van der Waals surface area (Å²) in [7, 11) is 2.11. The number of benzene rings is 1. The van der Waals surface area contributed by atoms with E-state index in [4.69, 9.17) is 5.11 Å². The van der Waals surface area contributed by atoms with E-state index in [2.05, 4.69) is 44.9 Å². The molecule has 15 heavy (non-hydrogen) atoms. The van der Waals surface area contributed by atoms with Gasteiger partial charge in [-0.2, -0.15) is 0 Å². The highest BCUT2D eigenvalue weighted by molar-refractivity contribution is 5.48. The van der Waals surface area contributed by atoms with Crippen LogP contribution in [0.2, 0.25) is 0 Å². The molecule has 2 nitrogen and oxygen atoms in total. The van der Waals surface area contributed by atoms with Crippen molar-refractivity contribution in [1.29, 1.82) is 0 Å². The second-order valence-electron chi connectivity index (χ2n) is 4.55. The molecule has 2 heteroatoms. The van der Waals surface area contributed by atoms with Gasteiger partial charge in [-0.15, -0.1) is 0 Å². The standard InChI is InChI=1S/C13H21NO/c1-5-13(2,3)14(4)12-8-6-11(10-15)7-9-12/h6-9,15H,5,10H2,1-4H3. The minimum absolute atomic E-state index is 0.112. The Morgan fingerprint density at radius 1 is 1.20 bits per heavy atom. The van der Waals surface area contributed by atoms with Gasteiger partial charge in [0.2, 0.25) is 0 Å². The molecule has 0 fully saturated rings. The summed E-state index contributed by atoms with van der Waals surface area (Å²) in [4.78, 5) is 2.27. The minimum Gasteiger partial charge on any atom is -0.392 e. The summed E-state index contributed by atoms with van der Waals surface area (Å²) in [5.41, 5.74) is 2.32. The van der Waals surface area contributed by atoms with E-state index in [9.17, 15) is 0 Å². The summed E-state index contributed by atoms with van der Waals surface area (Å²) in [5.74, 6) is 0. The van der Waals surface area contributed by atoms with Gasteiger partial charge in [0.05, 0.1) is 6.61 Å². The van der Waals surface area contributed by atoms with Crippen LogP contribution in [0.25, 0.3) is 0 Å². The molecule has 0 atom stereocenters. The lowest BCUT2D eigenvalue weighted by Gasteiger charge is -2.36. The molecule has 0 radical (unpaired) electrons. The first-order chi connectivity index (χ1) is 7.01. The number of nitrogens with zero attached hydrogens (tertiary/aromatic N) is 1. The summed E-state index contributed by atoms with van der Waals surface area (Å²) in [6.45, 7) is 6.76. The SMILES string of the molecule is CCC(C)(C)N(C)c1ccc(CO)cc1. The highest BCUT2D eigenvalue weighted by Gasteiger charge is 2.20. The van der Waals surface area contributed by atoms with Gasteiger partial charge in [-0.1, -0.05) is 19.1 Å². The van der Waals surface area contributed by atoms with Gasteiger partial charge in [0, 0.05) is 18.3 Å². The van der Waals surface area contributed by atoms with Crippen LogP contribution < -0.4 is 4.90 Å². The highest BCUT2D eigenvalue weighted by Crippen LogP contribution is 2.24. The van der Waals surface area contributed by atoms with Crippen molar-refractivity contribution in [2.24, 2.45) is 0 Å². The normalized spacial score (nSPS) is 11.5. The van der Waals surface area contributed by atoms with Crippen molar-refractivity contribution < 1.29 is 5.11 Å². The van der Waals surface area contributed by atoms with Crippen molar-refractivity contribution in [3.8, 4) is 0 Å². The smallest absolute Gasteiger partial charge is 0.0681 e. The molecule has 1 aromatic carbocycles. The first-order valence-corrected chi connectivity index (χ1v) is 5.45. The predicted octanol–water partition coefficient (Wildman–Crippen LogP) is 2.80. The Hall–Kier alpha value is -1.02. The van der Waals surface area contributed by atoms with E-state index in [0.29, 0.717) is 0 Å². The van der Waals surface area contributed by atoms with Gasteiger partial charge in [-0.25, -0.2) is 0 Å². The number of aliphatic hydroxyl groups is 1. The molecule has 0 bridgehead atoms. The maximum absolute atomic E-state index is 8.96. The highest BCUT2D eigenvalue weighted by atomic mass is 16.3. The van der Waals surface area contributed by atoms with Gasteiger partial charge in [-0.05, 0) is 38.0 Å². The fourth-order valence-electron chi connectivity index (χ4n) is 1.41. The van der Waals surface area contributed by atoms with Crippen molar-refractivity contribution in [2.45, 2.75) is 39.3 Å². The summed E-state index contributed by atoms with van der Waals surface area (Å²) >= 11 is 0. The molecule has 1 N–H and O–H groups in total. The largest absolute Gasteiger partial charge is 0.392 e. The zero-order valence-electron chi connectivity index (χ0n) is 10.1. The van der Waals surface area contributed by atoms with E-state index in [1.54, 1.807) is 0 Å². The van der Waals surface area contributed by atoms with Crippen LogP contribution >= 0.6 is 0 Å². The zero-order valence-corrected chi connectivity index (χ0v) is 10.1. The third-order valence-electron chi connectivity index (χ3n) is 3.28. The quantitative estimate of drug-likeness (QED) is 0.820. The summed E-state index contributed by atoms with van der Waals surface area (Å²) in [5, 5.41) is 8.96. The minimum atomic E-state index is 0.112. The van der Waals surface area contributed by atoms with Gasteiger partial charge in [0.25, 0.3) is 0 Å². The molecule has 0 unspecified atom stereocenters. The van der Waals surface area contributed by atoms with Crippen LogP contribution in [0.4, 0.5) is 5.69 Å². The van der Waals surface area contributed by atoms with E-state index < -0.39 is 0 Å². The van der Waals surface area contributed by atoms with Crippen molar-refractivity contribution in [1.82, 2.24) is 0 Å². The molecule has 0 saturated carbocycles. The van der Waals surface area contributed by atoms with Crippen molar-refractivity contribution in [2.75, 3.05) is 11.9 Å². The van der Waals surface area contributed by atoms with Crippen molar-refractivity contribution >= 4 is 5.69 Å². The Kier molecular flexibility index (Phi) is 3.75. The number of hydrogen-bond acceptors (Lipinski definition) is 2. The lowest BCUT2D eigenvalue weighted by atomic mass is 9.99. The zero-order chi connectivity index (χ0) is 11.5. The summed E-state index contributed by atoms with van der Waals surface area (Å²) < 4.78 is 0. The van der Waals surface area contributed by atoms with Gasteiger partial charge in [-0.3, -0.25) is 0 Å². The topological polar surface area (TPSA) is 23.5 Å². The molecule has 1 aromatic rings. The maximum atomic E-state index is 8.96. The van der Waals surface area contributed by atoms with Gasteiger partial charge >= 0.3 is 0 Å². The molecule has 0 aliphatic rings. The van der Waals surface area contributed by atoms with Crippen molar-refractivity contribution in [3.05, 3.63) is 29.8 Å². The number of aliphatic hydroxyl groups excluding tert-OH is 1. The average molecular weight is 207 g/mol. The van der Waals surface area contributed by atoms with E-state index in [-0.39, 0.29) is 12.1 Å². The lowest BCUT2D eigenvalue weighted by molar-refractivity contribution is 0.282. The molecular formula is C13H21NO. The van der Waals surface area contributed by atoms with Crippen LogP contribution in [0.5, 0.6) is 0 Å². The Labute approximate surface area is 92.5 Å². The Balaban J connectivity index is 2.87. The van der Waals surface area contributed by atoms with Crippen LogP contribution in [0.1, 0.15) is 32.8 Å². The first kappa shape index (κ1) is 12.1. The molecular weight excluding hydrogens is 186 g/mol. The van der Waals surface area contributed by atoms with E-state index >= 15 is 0 Å². The molecule has 0 spiro atoms. The molecule has 1 rings (SSSR count). The third kappa shape index (κ3) is 2.72. The molecule has 0 aliphatic heterocycles. The summed E-state index contributed by atoms with van der Waals surface area (Å²) in [6.07, 6.45) is 1.10. The van der Waals surface area contributed by atoms with E-state index in [1.165, 1.54) is 5.69 Å². The Morgan fingerprint density at radius 2 is 1.73 bits per heavy atom. The predicted molar refractivity (Wildman–Crippen MR) is 65.1 cm³/mol. The molecule has 0 amide bonds. The van der Waals surface area contributed by atoms with Crippen LogP contribution in [-0.2, 0) is 6.61 Å². The molecule has 0 aliphatic carbocycles. The monoisotopic (exact) mass is 207 g/mol. The third-order valence-corrected chi connectivity index (χ3v) is 3.28. The average Bonchev–Trinajstić information content (AvgIpc) is 2.28. The van der Waals surface area contributed by atoms with Crippen LogP contribution in [0.15, 0.2) is 24.3 Å². The lowest BCUT2D eigenvalue weighted by Crippen LogP contribution is -2.40. The molecule has 0 saturated heterocycles.